The van der Waals surface area contributed by atoms with Crippen LogP contribution < -0.4 is 4.90 Å². The number of carbonyl (C=O) groups excluding carboxylic acids is 1. The summed E-state index contributed by atoms with van der Waals surface area (Å²) in [6.07, 6.45) is 4.78. The Balaban J connectivity index is 1.61. The first kappa shape index (κ1) is 16.6. The minimum absolute atomic E-state index is 0.0628. The van der Waals surface area contributed by atoms with Crippen molar-refractivity contribution in [2.45, 2.75) is 43.6 Å². The van der Waals surface area contributed by atoms with Gasteiger partial charge in [-0.3, -0.25) is 9.69 Å². The summed E-state index contributed by atoms with van der Waals surface area (Å²) in [6.45, 7) is 3.75. The molecule has 3 heterocycles. The SMILES string of the molecule is N#CCN1CCC2(CC1)CC(=O)N(C[C@@H]1CCCO1)c1ccccc12. The van der Waals surface area contributed by atoms with Crippen LogP contribution in [-0.2, 0) is 14.9 Å². The van der Waals surface area contributed by atoms with Crippen molar-refractivity contribution in [3.8, 4) is 6.07 Å². The molecule has 3 aliphatic rings. The van der Waals surface area contributed by atoms with Crippen LogP contribution in [0.15, 0.2) is 24.3 Å². The fourth-order valence-electron chi connectivity index (χ4n) is 4.65. The number of benzene rings is 1. The van der Waals surface area contributed by atoms with Gasteiger partial charge in [0.05, 0.1) is 25.3 Å². The van der Waals surface area contributed by atoms with Crippen molar-refractivity contribution in [1.82, 2.24) is 4.90 Å². The van der Waals surface area contributed by atoms with Crippen LogP contribution in [0.1, 0.15) is 37.7 Å². The third-order valence-corrected chi connectivity index (χ3v) is 6.07. The number of anilines is 1. The maximum absolute atomic E-state index is 13.0. The molecule has 0 aliphatic carbocycles. The van der Waals surface area contributed by atoms with Gasteiger partial charge in [0.25, 0.3) is 0 Å². The fraction of sp³-hybridized carbons (Fsp3) is 0.600. The van der Waals surface area contributed by atoms with Gasteiger partial charge in [-0.15, -0.1) is 0 Å². The lowest BCUT2D eigenvalue weighted by Crippen LogP contribution is -2.51. The summed E-state index contributed by atoms with van der Waals surface area (Å²) in [5.41, 5.74) is 2.32. The number of nitriles is 1. The highest BCUT2D eigenvalue weighted by molar-refractivity contribution is 5.98. The Morgan fingerprint density at radius 3 is 2.80 bits per heavy atom. The van der Waals surface area contributed by atoms with Gasteiger partial charge >= 0.3 is 0 Å². The zero-order chi connectivity index (χ0) is 17.3. The summed E-state index contributed by atoms with van der Waals surface area (Å²) in [5.74, 6) is 0.225. The minimum atomic E-state index is -0.0628. The largest absolute Gasteiger partial charge is 0.376 e. The average molecular weight is 339 g/mol. The summed E-state index contributed by atoms with van der Waals surface area (Å²) >= 11 is 0. The topological polar surface area (TPSA) is 56.6 Å². The highest BCUT2D eigenvalue weighted by atomic mass is 16.5. The molecule has 1 aromatic rings. The summed E-state index contributed by atoms with van der Waals surface area (Å²) in [5, 5.41) is 8.93. The molecule has 0 radical (unpaired) electrons. The van der Waals surface area contributed by atoms with E-state index in [9.17, 15) is 4.79 Å². The second-order valence-electron chi connectivity index (χ2n) is 7.55. The smallest absolute Gasteiger partial charge is 0.227 e. The number of likely N-dealkylation sites (tertiary alicyclic amines) is 1. The molecular weight excluding hydrogens is 314 g/mol. The number of piperidine rings is 1. The molecule has 1 amide bonds. The lowest BCUT2D eigenvalue weighted by Gasteiger charge is -2.47. The van der Waals surface area contributed by atoms with E-state index < -0.39 is 0 Å². The van der Waals surface area contributed by atoms with Crippen molar-refractivity contribution < 1.29 is 9.53 Å². The van der Waals surface area contributed by atoms with Gasteiger partial charge in [0.2, 0.25) is 5.91 Å². The van der Waals surface area contributed by atoms with Gasteiger partial charge in [-0.05, 0) is 37.3 Å². The quantitative estimate of drug-likeness (QED) is 0.794. The Morgan fingerprint density at radius 1 is 1.28 bits per heavy atom. The van der Waals surface area contributed by atoms with Crippen LogP contribution in [0.3, 0.4) is 0 Å². The van der Waals surface area contributed by atoms with E-state index in [-0.39, 0.29) is 17.4 Å². The molecule has 1 aromatic carbocycles. The summed E-state index contributed by atoms with van der Waals surface area (Å²) in [4.78, 5) is 17.2. The van der Waals surface area contributed by atoms with Crippen LogP contribution in [0.2, 0.25) is 0 Å². The number of fused-ring (bicyclic) bond motifs is 2. The highest BCUT2D eigenvalue weighted by Crippen LogP contribution is 2.47. The number of para-hydroxylation sites is 1. The number of carbonyl (C=O) groups is 1. The van der Waals surface area contributed by atoms with Crippen LogP contribution in [-0.4, -0.2) is 49.7 Å². The first-order valence-corrected chi connectivity index (χ1v) is 9.33. The second-order valence-corrected chi connectivity index (χ2v) is 7.55. The standard InChI is InChI=1S/C20H25N3O2/c21-9-12-22-10-7-20(8-11-22)14-19(24)23(15-16-4-3-13-25-16)18-6-2-1-5-17(18)20/h1-2,5-6,16H,3-4,7-8,10-15H2/t16-/m0/s1. The summed E-state index contributed by atoms with van der Waals surface area (Å²) < 4.78 is 5.77. The molecule has 5 nitrogen and oxygen atoms in total. The molecule has 5 heteroatoms. The van der Waals surface area contributed by atoms with Gasteiger partial charge in [0, 0.05) is 37.2 Å². The van der Waals surface area contributed by atoms with E-state index in [1.54, 1.807) is 0 Å². The zero-order valence-electron chi connectivity index (χ0n) is 14.6. The molecule has 25 heavy (non-hydrogen) atoms. The van der Waals surface area contributed by atoms with E-state index in [4.69, 9.17) is 10.00 Å². The third-order valence-electron chi connectivity index (χ3n) is 6.07. The van der Waals surface area contributed by atoms with E-state index in [1.807, 2.05) is 11.0 Å². The maximum atomic E-state index is 13.0. The first-order chi connectivity index (χ1) is 12.2. The number of ether oxygens (including phenoxy) is 1. The lowest BCUT2D eigenvalue weighted by molar-refractivity contribution is -0.121. The number of nitrogens with zero attached hydrogens (tertiary/aromatic N) is 3. The monoisotopic (exact) mass is 339 g/mol. The molecule has 0 unspecified atom stereocenters. The first-order valence-electron chi connectivity index (χ1n) is 9.33. The molecule has 0 N–H and O–H groups in total. The van der Waals surface area contributed by atoms with Crippen molar-refractivity contribution in [3.63, 3.8) is 0 Å². The average Bonchev–Trinajstić information content (AvgIpc) is 3.14. The highest BCUT2D eigenvalue weighted by Gasteiger charge is 2.45. The van der Waals surface area contributed by atoms with Gasteiger partial charge in [-0.2, -0.15) is 5.26 Å². The Hall–Kier alpha value is -1.90. The van der Waals surface area contributed by atoms with Crippen LogP contribution >= 0.6 is 0 Å². The lowest BCUT2D eigenvalue weighted by atomic mass is 9.67. The number of amides is 1. The predicted molar refractivity (Wildman–Crippen MR) is 95.4 cm³/mol. The number of hydrogen-bond acceptors (Lipinski definition) is 4. The van der Waals surface area contributed by atoms with E-state index in [0.29, 0.717) is 19.5 Å². The molecule has 0 saturated carbocycles. The molecule has 1 spiro atoms. The number of hydrogen-bond donors (Lipinski definition) is 0. The van der Waals surface area contributed by atoms with Crippen LogP contribution in [0.25, 0.3) is 0 Å². The Bertz CT molecular complexity index is 682. The van der Waals surface area contributed by atoms with Gasteiger partial charge in [-0.25, -0.2) is 0 Å². The molecule has 0 bridgehead atoms. The van der Waals surface area contributed by atoms with Crippen LogP contribution in [0.5, 0.6) is 0 Å². The fourth-order valence-corrected chi connectivity index (χ4v) is 4.65. The second kappa shape index (κ2) is 6.78. The molecule has 2 fully saturated rings. The van der Waals surface area contributed by atoms with Gasteiger partial charge in [0.15, 0.2) is 0 Å². The van der Waals surface area contributed by atoms with Crippen LogP contribution in [0, 0.1) is 11.3 Å². The van der Waals surface area contributed by atoms with Gasteiger partial charge in [-0.1, -0.05) is 18.2 Å². The minimum Gasteiger partial charge on any atom is -0.376 e. The Labute approximate surface area is 149 Å². The predicted octanol–water partition coefficient (Wildman–Crippen LogP) is 2.46. The van der Waals surface area contributed by atoms with Crippen molar-refractivity contribution in [3.05, 3.63) is 29.8 Å². The molecule has 2 saturated heterocycles. The van der Waals surface area contributed by atoms with Crippen molar-refractivity contribution >= 4 is 11.6 Å². The van der Waals surface area contributed by atoms with E-state index in [0.717, 1.165) is 51.1 Å². The molecule has 1 atom stereocenters. The van der Waals surface area contributed by atoms with Gasteiger partial charge < -0.3 is 9.64 Å². The van der Waals surface area contributed by atoms with E-state index >= 15 is 0 Å². The summed E-state index contributed by atoms with van der Waals surface area (Å²) in [6, 6.07) is 10.6. The van der Waals surface area contributed by atoms with Crippen molar-refractivity contribution in [1.29, 1.82) is 5.26 Å². The van der Waals surface area contributed by atoms with Crippen molar-refractivity contribution in [2.75, 3.05) is 37.7 Å². The van der Waals surface area contributed by atoms with E-state index in [1.165, 1.54) is 5.56 Å². The number of rotatable bonds is 3. The molecule has 132 valence electrons. The third kappa shape index (κ3) is 3.05. The van der Waals surface area contributed by atoms with Gasteiger partial charge in [0.1, 0.15) is 0 Å². The molecule has 4 rings (SSSR count). The van der Waals surface area contributed by atoms with E-state index in [2.05, 4.69) is 29.2 Å². The zero-order valence-corrected chi connectivity index (χ0v) is 14.6. The molecule has 0 aromatic heterocycles. The van der Waals surface area contributed by atoms with Crippen molar-refractivity contribution in [2.24, 2.45) is 0 Å². The Morgan fingerprint density at radius 2 is 2.08 bits per heavy atom. The maximum Gasteiger partial charge on any atom is 0.227 e. The molecule has 3 aliphatic heterocycles. The molecular formula is C20H25N3O2. The Kier molecular flexibility index (Phi) is 4.49. The summed E-state index contributed by atoms with van der Waals surface area (Å²) in [7, 11) is 0. The normalized spacial score (nSPS) is 25.8. The van der Waals surface area contributed by atoms with Crippen LogP contribution in [0.4, 0.5) is 5.69 Å².